The van der Waals surface area contributed by atoms with Gasteiger partial charge in [0.1, 0.15) is 5.75 Å². The summed E-state index contributed by atoms with van der Waals surface area (Å²) in [6.07, 6.45) is 3.60. The standard InChI is InChI=1S/C27H33N5O3/c1-34-24-9-7-21(8-10-24)25-29-27(35-30-25)32-17-11-22(12-18-32)26(33)28-23-13-15-31(16-14-23)19-20-5-3-2-4-6-20/h2-10,22-23H,11-19H2,1H3,(H,28,33). The molecule has 8 heteroatoms. The summed E-state index contributed by atoms with van der Waals surface area (Å²) < 4.78 is 10.7. The monoisotopic (exact) mass is 475 g/mol. The molecule has 0 unspecified atom stereocenters. The molecular formula is C27H33N5O3. The second kappa shape index (κ2) is 10.9. The molecule has 0 aliphatic carbocycles. The highest BCUT2D eigenvalue weighted by Crippen LogP contribution is 2.26. The van der Waals surface area contributed by atoms with Crippen LogP contribution in [0.25, 0.3) is 11.4 Å². The Balaban J connectivity index is 1.06. The van der Waals surface area contributed by atoms with Gasteiger partial charge in [-0.15, -0.1) is 0 Å². The number of aromatic nitrogens is 2. The molecular weight excluding hydrogens is 442 g/mol. The Kier molecular flexibility index (Phi) is 7.28. The SMILES string of the molecule is COc1ccc(-c2noc(N3CCC(C(=O)NC4CCN(Cc5ccccc5)CC4)CC3)n2)cc1. The molecule has 0 spiro atoms. The van der Waals surface area contributed by atoms with Crippen LogP contribution in [0.15, 0.2) is 59.1 Å². The Morgan fingerprint density at radius 1 is 1.00 bits per heavy atom. The van der Waals surface area contributed by atoms with Gasteiger partial charge in [0.2, 0.25) is 11.7 Å². The molecule has 2 aliphatic rings. The number of ether oxygens (including phenoxy) is 1. The van der Waals surface area contributed by atoms with Crippen molar-refractivity contribution >= 4 is 11.9 Å². The lowest BCUT2D eigenvalue weighted by atomic mass is 9.95. The van der Waals surface area contributed by atoms with E-state index in [0.29, 0.717) is 11.8 Å². The molecule has 3 heterocycles. The van der Waals surface area contributed by atoms with Gasteiger partial charge in [0.25, 0.3) is 0 Å². The number of methoxy groups -OCH3 is 1. The van der Waals surface area contributed by atoms with E-state index in [1.165, 1.54) is 5.56 Å². The van der Waals surface area contributed by atoms with Crippen molar-refractivity contribution in [3.8, 4) is 17.1 Å². The number of piperidine rings is 2. The number of amides is 1. The number of carbonyl (C=O) groups is 1. The van der Waals surface area contributed by atoms with Crippen LogP contribution in [0.1, 0.15) is 31.2 Å². The van der Waals surface area contributed by atoms with Crippen LogP contribution < -0.4 is 15.0 Å². The van der Waals surface area contributed by atoms with E-state index in [1.54, 1.807) is 7.11 Å². The lowest BCUT2D eigenvalue weighted by Gasteiger charge is -2.34. The van der Waals surface area contributed by atoms with E-state index in [9.17, 15) is 4.79 Å². The molecule has 0 bridgehead atoms. The van der Waals surface area contributed by atoms with Gasteiger partial charge in [-0.2, -0.15) is 4.98 Å². The number of anilines is 1. The van der Waals surface area contributed by atoms with Crippen molar-refractivity contribution in [1.82, 2.24) is 20.4 Å². The van der Waals surface area contributed by atoms with Crippen LogP contribution in [0.2, 0.25) is 0 Å². The number of nitrogens with one attached hydrogen (secondary N) is 1. The topological polar surface area (TPSA) is 83.7 Å². The van der Waals surface area contributed by atoms with Crippen molar-refractivity contribution in [3.63, 3.8) is 0 Å². The summed E-state index contributed by atoms with van der Waals surface area (Å²) in [4.78, 5) is 22.0. The van der Waals surface area contributed by atoms with E-state index in [1.807, 2.05) is 24.3 Å². The van der Waals surface area contributed by atoms with Crippen LogP contribution in [0.5, 0.6) is 5.75 Å². The van der Waals surface area contributed by atoms with Gasteiger partial charge in [0.05, 0.1) is 7.11 Å². The van der Waals surface area contributed by atoms with E-state index >= 15 is 0 Å². The van der Waals surface area contributed by atoms with Crippen LogP contribution in [0, 0.1) is 5.92 Å². The molecule has 2 aliphatic heterocycles. The smallest absolute Gasteiger partial charge is 0.324 e. The first-order valence-electron chi connectivity index (χ1n) is 12.5. The Hall–Kier alpha value is -3.39. The molecule has 1 aromatic heterocycles. The molecule has 0 saturated carbocycles. The van der Waals surface area contributed by atoms with Crippen LogP contribution in [0.3, 0.4) is 0 Å². The summed E-state index contributed by atoms with van der Waals surface area (Å²) in [5, 5.41) is 7.45. The van der Waals surface area contributed by atoms with Crippen LogP contribution >= 0.6 is 0 Å². The number of rotatable bonds is 7. The molecule has 1 amide bonds. The summed E-state index contributed by atoms with van der Waals surface area (Å²) in [5.41, 5.74) is 2.23. The fourth-order valence-electron chi connectivity index (χ4n) is 4.93. The van der Waals surface area contributed by atoms with Gasteiger partial charge in [-0.1, -0.05) is 35.5 Å². The minimum Gasteiger partial charge on any atom is -0.497 e. The largest absolute Gasteiger partial charge is 0.497 e. The average molecular weight is 476 g/mol. The van der Waals surface area contributed by atoms with Gasteiger partial charge < -0.3 is 19.5 Å². The number of hydrogen-bond acceptors (Lipinski definition) is 7. The molecule has 8 nitrogen and oxygen atoms in total. The summed E-state index contributed by atoms with van der Waals surface area (Å²) in [6, 6.07) is 19.0. The second-order valence-electron chi connectivity index (χ2n) is 9.43. The minimum absolute atomic E-state index is 0.0394. The van der Waals surface area contributed by atoms with Crippen molar-refractivity contribution in [2.75, 3.05) is 38.2 Å². The number of nitrogens with zero attached hydrogens (tertiary/aromatic N) is 4. The second-order valence-corrected chi connectivity index (χ2v) is 9.43. The zero-order valence-electron chi connectivity index (χ0n) is 20.2. The summed E-state index contributed by atoms with van der Waals surface area (Å²) in [5.74, 6) is 1.57. The van der Waals surface area contributed by atoms with Crippen LogP contribution in [-0.2, 0) is 11.3 Å². The predicted octanol–water partition coefficient (Wildman–Crippen LogP) is 3.74. The molecule has 184 valence electrons. The number of carbonyl (C=O) groups excluding carboxylic acids is 1. The Labute approximate surface area is 206 Å². The molecule has 0 atom stereocenters. The van der Waals surface area contributed by atoms with Crippen molar-refractivity contribution in [2.24, 2.45) is 5.92 Å². The van der Waals surface area contributed by atoms with Gasteiger partial charge in [-0.05, 0) is 55.5 Å². The zero-order valence-corrected chi connectivity index (χ0v) is 20.2. The maximum atomic E-state index is 12.9. The number of benzene rings is 2. The third-order valence-electron chi connectivity index (χ3n) is 7.08. The Morgan fingerprint density at radius 2 is 1.71 bits per heavy atom. The van der Waals surface area contributed by atoms with Crippen LogP contribution in [-0.4, -0.2) is 60.3 Å². The summed E-state index contributed by atoms with van der Waals surface area (Å²) in [6.45, 7) is 4.49. The van der Waals surface area contributed by atoms with Crippen LogP contribution in [0.4, 0.5) is 6.01 Å². The van der Waals surface area contributed by atoms with Crippen molar-refractivity contribution in [1.29, 1.82) is 0 Å². The fourth-order valence-corrected chi connectivity index (χ4v) is 4.93. The zero-order chi connectivity index (χ0) is 24.0. The highest BCUT2D eigenvalue weighted by atomic mass is 16.5. The molecule has 2 aromatic carbocycles. The summed E-state index contributed by atoms with van der Waals surface area (Å²) in [7, 11) is 1.64. The normalized spacial score (nSPS) is 17.9. The van der Waals surface area contributed by atoms with Crippen molar-refractivity contribution in [3.05, 3.63) is 60.2 Å². The molecule has 2 saturated heterocycles. The van der Waals surface area contributed by atoms with E-state index in [-0.39, 0.29) is 17.9 Å². The third kappa shape index (κ3) is 5.82. The number of likely N-dealkylation sites (tertiary alicyclic amines) is 1. The van der Waals surface area contributed by atoms with E-state index in [2.05, 4.69) is 55.6 Å². The van der Waals surface area contributed by atoms with Gasteiger partial charge in [0, 0.05) is 50.2 Å². The molecule has 1 N–H and O–H groups in total. The van der Waals surface area contributed by atoms with Gasteiger partial charge in [-0.3, -0.25) is 9.69 Å². The van der Waals surface area contributed by atoms with Gasteiger partial charge in [-0.25, -0.2) is 0 Å². The maximum absolute atomic E-state index is 12.9. The van der Waals surface area contributed by atoms with Gasteiger partial charge in [0.15, 0.2) is 0 Å². The highest BCUT2D eigenvalue weighted by molar-refractivity contribution is 5.79. The highest BCUT2D eigenvalue weighted by Gasteiger charge is 2.29. The minimum atomic E-state index is 0.0394. The Bertz CT molecular complexity index is 1090. The average Bonchev–Trinajstić information content (AvgIpc) is 3.41. The lowest BCUT2D eigenvalue weighted by Crippen LogP contribution is -2.48. The van der Waals surface area contributed by atoms with Gasteiger partial charge >= 0.3 is 6.01 Å². The first-order chi connectivity index (χ1) is 17.2. The van der Waals surface area contributed by atoms with E-state index < -0.39 is 0 Å². The fraction of sp³-hybridized carbons (Fsp3) is 0.444. The molecule has 0 radical (unpaired) electrons. The first kappa shape index (κ1) is 23.4. The Morgan fingerprint density at radius 3 is 2.40 bits per heavy atom. The van der Waals surface area contributed by atoms with E-state index in [4.69, 9.17) is 9.26 Å². The quantitative estimate of drug-likeness (QED) is 0.557. The third-order valence-corrected chi connectivity index (χ3v) is 7.08. The predicted molar refractivity (Wildman–Crippen MR) is 134 cm³/mol. The molecule has 2 fully saturated rings. The summed E-state index contributed by atoms with van der Waals surface area (Å²) >= 11 is 0. The molecule has 5 rings (SSSR count). The van der Waals surface area contributed by atoms with Crippen molar-refractivity contribution < 1.29 is 14.1 Å². The molecule has 3 aromatic rings. The maximum Gasteiger partial charge on any atom is 0.324 e. The van der Waals surface area contributed by atoms with E-state index in [0.717, 1.165) is 69.7 Å². The molecule has 35 heavy (non-hydrogen) atoms. The lowest BCUT2D eigenvalue weighted by molar-refractivity contribution is -0.126. The number of hydrogen-bond donors (Lipinski definition) is 1. The first-order valence-corrected chi connectivity index (χ1v) is 12.5. The van der Waals surface area contributed by atoms with Crippen molar-refractivity contribution in [2.45, 2.75) is 38.3 Å².